The number of ether oxygens (including phenoxy) is 3. The number of benzene rings is 1. The van der Waals surface area contributed by atoms with Crippen molar-refractivity contribution < 1.29 is 19.0 Å². The van der Waals surface area contributed by atoms with Crippen molar-refractivity contribution in [2.24, 2.45) is 10.7 Å². The molecular formula is C38H47N7O4. The Kier molecular flexibility index (Phi) is 11.2. The summed E-state index contributed by atoms with van der Waals surface area (Å²) in [6.07, 6.45) is 10.8. The van der Waals surface area contributed by atoms with Crippen molar-refractivity contribution >= 4 is 35.2 Å². The molecule has 0 bridgehead atoms. The van der Waals surface area contributed by atoms with Gasteiger partial charge in [-0.3, -0.25) is 0 Å². The Bertz CT molecular complexity index is 1750. The maximum absolute atomic E-state index is 12.2. The van der Waals surface area contributed by atoms with Crippen molar-refractivity contribution in [3.8, 4) is 11.5 Å². The number of anilines is 2. The molecule has 1 saturated carbocycles. The van der Waals surface area contributed by atoms with Gasteiger partial charge < -0.3 is 35.5 Å². The van der Waals surface area contributed by atoms with Gasteiger partial charge in [-0.25, -0.2) is 19.8 Å². The summed E-state index contributed by atoms with van der Waals surface area (Å²) in [6, 6.07) is 12.3. The van der Waals surface area contributed by atoms with Crippen LogP contribution in [0.3, 0.4) is 0 Å². The molecule has 1 amide bonds. The lowest BCUT2D eigenvalue weighted by atomic mass is 9.88. The number of fused-ring (bicyclic) bond motifs is 1. The summed E-state index contributed by atoms with van der Waals surface area (Å²) in [5.41, 5.74) is 12.7. The second-order valence-corrected chi connectivity index (χ2v) is 13.2. The van der Waals surface area contributed by atoms with Gasteiger partial charge in [-0.2, -0.15) is 0 Å². The fourth-order valence-electron chi connectivity index (χ4n) is 5.35. The monoisotopic (exact) mass is 665 g/mol. The number of carbonyl (C=O) groups excluding carboxylic acids is 1. The number of nitrogens with two attached hydrogens (primary N) is 1. The topological polar surface area (TPSA) is 136 Å². The number of amides is 1. The number of rotatable bonds is 13. The molecule has 2 aromatic heterocycles. The van der Waals surface area contributed by atoms with E-state index in [0.717, 1.165) is 70.2 Å². The first-order valence-electron chi connectivity index (χ1n) is 16.6. The average Bonchev–Trinajstić information content (AvgIpc) is 3.53. The summed E-state index contributed by atoms with van der Waals surface area (Å²) in [4.78, 5) is 27.1. The second kappa shape index (κ2) is 15.7. The van der Waals surface area contributed by atoms with Gasteiger partial charge in [-0.1, -0.05) is 24.8 Å². The van der Waals surface area contributed by atoms with Gasteiger partial charge in [0.2, 0.25) is 0 Å². The normalized spacial score (nSPS) is 14.1. The number of hydrogen-bond donors (Lipinski definition) is 3. The number of pyridine rings is 2. The van der Waals surface area contributed by atoms with Crippen LogP contribution >= 0.6 is 0 Å². The highest BCUT2D eigenvalue weighted by Crippen LogP contribution is 2.38. The van der Waals surface area contributed by atoms with Crippen LogP contribution in [0.15, 0.2) is 77.8 Å². The molecule has 4 N–H and O–H groups in total. The number of allylic oxidation sites excluding steroid dienone is 3. The van der Waals surface area contributed by atoms with Crippen molar-refractivity contribution in [1.29, 1.82) is 0 Å². The highest BCUT2D eigenvalue weighted by molar-refractivity contribution is 5.86. The maximum atomic E-state index is 12.2. The molecule has 1 aromatic carbocycles. The third-order valence-electron chi connectivity index (χ3n) is 8.09. The van der Waals surface area contributed by atoms with Gasteiger partial charge in [-0.05, 0) is 93.5 Å². The maximum Gasteiger partial charge on any atom is 0.410 e. The van der Waals surface area contributed by atoms with E-state index in [1.165, 1.54) is 16.9 Å². The molecule has 11 nitrogen and oxygen atoms in total. The van der Waals surface area contributed by atoms with Gasteiger partial charge in [0.1, 0.15) is 41.2 Å². The first-order chi connectivity index (χ1) is 23.5. The Balaban J connectivity index is 1.21. The van der Waals surface area contributed by atoms with Crippen molar-refractivity contribution in [1.82, 2.24) is 14.9 Å². The van der Waals surface area contributed by atoms with E-state index >= 15 is 0 Å². The van der Waals surface area contributed by atoms with Crippen LogP contribution in [0.2, 0.25) is 0 Å². The van der Waals surface area contributed by atoms with Gasteiger partial charge in [0.15, 0.2) is 0 Å². The number of hydrogen-bond acceptors (Lipinski definition) is 10. The molecule has 5 rings (SSSR count). The quantitative estimate of drug-likeness (QED) is 0.162. The smallest absolute Gasteiger partial charge is 0.410 e. The molecule has 2 aliphatic rings. The molecule has 11 heteroatoms. The Morgan fingerprint density at radius 1 is 1.16 bits per heavy atom. The Morgan fingerprint density at radius 2 is 1.98 bits per heavy atom. The third kappa shape index (κ3) is 9.62. The minimum absolute atomic E-state index is 0.259. The molecule has 258 valence electrons. The van der Waals surface area contributed by atoms with Crippen LogP contribution < -0.4 is 25.8 Å². The minimum atomic E-state index is -0.540. The summed E-state index contributed by atoms with van der Waals surface area (Å²) in [5.74, 6) is 3.31. The van der Waals surface area contributed by atoms with Gasteiger partial charge in [0.25, 0.3) is 0 Å². The number of aromatic nitrogens is 2. The van der Waals surface area contributed by atoms with Gasteiger partial charge in [0.05, 0.1) is 19.3 Å². The molecule has 0 unspecified atom stereocenters. The van der Waals surface area contributed by atoms with Crippen LogP contribution in [0, 0.1) is 0 Å². The van der Waals surface area contributed by atoms with E-state index in [4.69, 9.17) is 24.9 Å². The number of likely N-dealkylation sites (N-methyl/N-ethyl adjacent to an activating group) is 1. The van der Waals surface area contributed by atoms with E-state index in [0.29, 0.717) is 32.1 Å². The number of nitrogens with zero attached hydrogens (tertiary/aromatic N) is 4. The Morgan fingerprint density at radius 3 is 2.67 bits per heavy atom. The van der Waals surface area contributed by atoms with E-state index in [1.807, 2.05) is 52.1 Å². The van der Waals surface area contributed by atoms with E-state index in [2.05, 4.69) is 51.5 Å². The number of nitrogens with one attached hydrogen (secondary N) is 2. The molecule has 0 saturated heterocycles. The zero-order valence-electron chi connectivity index (χ0n) is 29.1. The molecule has 3 heterocycles. The Labute approximate surface area is 289 Å². The Hall–Kier alpha value is -5.32. The van der Waals surface area contributed by atoms with Crippen LogP contribution in [0.25, 0.3) is 11.3 Å². The van der Waals surface area contributed by atoms with Crippen molar-refractivity contribution in [2.45, 2.75) is 65.5 Å². The third-order valence-corrected chi connectivity index (χ3v) is 8.09. The summed E-state index contributed by atoms with van der Waals surface area (Å²) < 4.78 is 17.3. The second-order valence-electron chi connectivity index (χ2n) is 13.2. The molecule has 0 atom stereocenters. The summed E-state index contributed by atoms with van der Waals surface area (Å²) in [6.45, 7) is 13.1. The minimum Gasteiger partial charge on any atom is -0.492 e. The van der Waals surface area contributed by atoms with Gasteiger partial charge in [0, 0.05) is 49.2 Å². The highest BCUT2D eigenvalue weighted by Gasteiger charge is 2.23. The van der Waals surface area contributed by atoms with E-state index in [9.17, 15) is 4.79 Å². The highest BCUT2D eigenvalue weighted by atomic mass is 16.6. The van der Waals surface area contributed by atoms with Crippen LogP contribution in [0.4, 0.5) is 16.4 Å². The van der Waals surface area contributed by atoms with Gasteiger partial charge in [-0.15, -0.1) is 0 Å². The molecular weight excluding hydrogens is 618 g/mol. The standard InChI is InChI=1S/C38H47N7O4/c1-25(15-17-40-26(2)39)32-24-43-36(31-16-19-48-35(31)32)42-22-27-9-7-12-29(21-27)34(28-10-8-11-28)44-33-14-13-30(23-41-33)47-20-18-45(6)37(46)49-38(3,4)5/h7,9,12-15,17,21,23-24H,2,8,10-11,16,18-20,22,39H2,1,3-6H3,(H,41,44)(H,42,43)/b25-15+,40-17-. The van der Waals surface area contributed by atoms with Crippen LogP contribution in [0.5, 0.6) is 11.5 Å². The fourth-order valence-corrected chi connectivity index (χ4v) is 5.35. The van der Waals surface area contributed by atoms with E-state index < -0.39 is 5.60 Å². The summed E-state index contributed by atoms with van der Waals surface area (Å²) in [5, 5.41) is 7.12. The first-order valence-corrected chi connectivity index (χ1v) is 16.6. The van der Waals surface area contributed by atoms with E-state index in [-0.39, 0.29) is 11.9 Å². The molecule has 49 heavy (non-hydrogen) atoms. The zero-order valence-corrected chi connectivity index (χ0v) is 29.1. The van der Waals surface area contributed by atoms with Crippen molar-refractivity contribution in [3.63, 3.8) is 0 Å². The van der Waals surface area contributed by atoms with Crippen LogP contribution in [-0.4, -0.2) is 59.6 Å². The predicted octanol–water partition coefficient (Wildman–Crippen LogP) is 7.18. The largest absolute Gasteiger partial charge is 0.492 e. The summed E-state index contributed by atoms with van der Waals surface area (Å²) >= 11 is 0. The lowest BCUT2D eigenvalue weighted by Crippen LogP contribution is -2.36. The molecule has 0 spiro atoms. The fraction of sp³-hybridized carbons (Fsp3) is 0.368. The van der Waals surface area contributed by atoms with Crippen molar-refractivity contribution in [3.05, 3.63) is 95.1 Å². The van der Waals surface area contributed by atoms with Gasteiger partial charge >= 0.3 is 6.09 Å². The zero-order chi connectivity index (χ0) is 35.0. The number of aliphatic imine (C=N–C) groups is 1. The van der Waals surface area contributed by atoms with Crippen LogP contribution in [-0.2, 0) is 17.7 Å². The van der Waals surface area contributed by atoms with E-state index in [1.54, 1.807) is 19.5 Å². The predicted molar refractivity (Wildman–Crippen MR) is 196 cm³/mol. The lowest BCUT2D eigenvalue weighted by molar-refractivity contribution is 0.0278. The SMILES string of the molecule is C=C(N)/N=C\C=C(/C)c1cnc(NCc2cccc(C(Nc3ccc(OCCN(C)C(=O)OC(C)(C)C)cn3)=C3CCC3)c2)c2c1OCC2. The van der Waals surface area contributed by atoms with Crippen LogP contribution in [0.1, 0.15) is 69.2 Å². The molecule has 1 fully saturated rings. The van der Waals surface area contributed by atoms with Crippen molar-refractivity contribution in [2.75, 3.05) is 37.4 Å². The lowest BCUT2D eigenvalue weighted by Gasteiger charge is -2.24. The molecule has 1 aliphatic carbocycles. The molecule has 0 radical (unpaired) electrons. The first kappa shape index (κ1) is 35.0. The molecule has 1 aliphatic heterocycles. The number of carbonyl (C=O) groups is 1. The average molecular weight is 666 g/mol. The molecule has 3 aromatic rings. The summed E-state index contributed by atoms with van der Waals surface area (Å²) in [7, 11) is 1.69.